The van der Waals surface area contributed by atoms with Crippen molar-refractivity contribution in [3.8, 4) is 11.8 Å². The van der Waals surface area contributed by atoms with Gasteiger partial charge in [0.05, 0.1) is 17.1 Å². The maximum absolute atomic E-state index is 12.2. The smallest absolute Gasteiger partial charge is 0.465 e. The molecule has 96 valence electrons. The van der Waals surface area contributed by atoms with Crippen molar-refractivity contribution in [1.82, 2.24) is 0 Å². The molecule has 4 nitrogen and oxygen atoms in total. The number of carbonyl (C=O) groups is 1. The van der Waals surface area contributed by atoms with Crippen molar-refractivity contribution >= 4 is 21.9 Å². The van der Waals surface area contributed by atoms with Gasteiger partial charge in [-0.15, -0.1) is 13.2 Å². The predicted octanol–water partition coefficient (Wildman–Crippen LogP) is 3.01. The van der Waals surface area contributed by atoms with Crippen molar-refractivity contribution in [2.75, 3.05) is 7.11 Å². The third-order valence-corrected chi connectivity index (χ3v) is 2.47. The maximum atomic E-state index is 12.2. The summed E-state index contributed by atoms with van der Waals surface area (Å²) in [5, 5.41) is 8.84. The predicted molar refractivity (Wildman–Crippen MR) is 56.9 cm³/mol. The van der Waals surface area contributed by atoms with Gasteiger partial charge in [0.15, 0.2) is 5.75 Å². The zero-order chi connectivity index (χ0) is 13.9. The lowest BCUT2D eigenvalue weighted by Gasteiger charge is -2.13. The van der Waals surface area contributed by atoms with E-state index in [2.05, 4.69) is 25.4 Å². The van der Waals surface area contributed by atoms with Gasteiger partial charge in [0.2, 0.25) is 0 Å². The molecule has 0 atom stereocenters. The van der Waals surface area contributed by atoms with E-state index in [0.717, 1.165) is 19.2 Å². The number of esters is 1. The Bertz CT molecular complexity index is 522. The molecule has 0 aliphatic carbocycles. The lowest BCUT2D eigenvalue weighted by molar-refractivity contribution is -0.275. The van der Waals surface area contributed by atoms with Gasteiger partial charge in [-0.05, 0) is 28.1 Å². The molecule has 0 amide bonds. The minimum absolute atomic E-state index is 0.0935. The SMILES string of the molecule is COC(=O)c1ccc(Br)c(OC(F)(F)F)c1C#N. The fourth-order valence-corrected chi connectivity index (χ4v) is 1.58. The van der Waals surface area contributed by atoms with Crippen LogP contribution in [0, 0.1) is 11.3 Å². The van der Waals surface area contributed by atoms with Crippen LogP contribution in [0.15, 0.2) is 16.6 Å². The number of halogens is 4. The standard InChI is InChI=1S/C10H5BrF3NO3/c1-17-9(16)5-2-3-7(11)8(6(5)4-15)18-10(12,13)14/h2-3H,1H3. The first kappa shape index (κ1) is 14.3. The van der Waals surface area contributed by atoms with Gasteiger partial charge in [-0.1, -0.05) is 0 Å². The lowest BCUT2D eigenvalue weighted by atomic mass is 10.1. The number of hydrogen-bond donors (Lipinski definition) is 0. The Morgan fingerprint density at radius 2 is 2.06 bits per heavy atom. The molecule has 0 saturated heterocycles. The van der Waals surface area contributed by atoms with Gasteiger partial charge in [0.1, 0.15) is 11.6 Å². The number of methoxy groups -OCH3 is 1. The molecule has 0 aliphatic rings. The molecule has 8 heteroatoms. The van der Waals surface area contributed by atoms with E-state index in [-0.39, 0.29) is 10.0 Å². The molecule has 0 radical (unpaired) electrons. The molecule has 0 unspecified atom stereocenters. The van der Waals surface area contributed by atoms with Crippen LogP contribution in [0.25, 0.3) is 0 Å². The van der Waals surface area contributed by atoms with Gasteiger partial charge in [-0.25, -0.2) is 4.79 Å². The first-order valence-electron chi connectivity index (χ1n) is 4.36. The average Bonchev–Trinajstić information content (AvgIpc) is 2.29. The zero-order valence-electron chi connectivity index (χ0n) is 8.84. The van der Waals surface area contributed by atoms with E-state index in [1.54, 1.807) is 0 Å². The summed E-state index contributed by atoms with van der Waals surface area (Å²) < 4.78 is 44.5. The molecule has 0 aromatic heterocycles. The molecule has 0 bridgehead atoms. The second kappa shape index (κ2) is 5.27. The highest BCUT2D eigenvalue weighted by Crippen LogP contribution is 2.35. The number of ether oxygens (including phenoxy) is 2. The van der Waals surface area contributed by atoms with Crippen LogP contribution in [0.3, 0.4) is 0 Å². The molecule has 0 N–H and O–H groups in total. The summed E-state index contributed by atoms with van der Waals surface area (Å²) in [7, 11) is 1.05. The van der Waals surface area contributed by atoms with Crippen LogP contribution in [0.5, 0.6) is 5.75 Å². The molecular formula is C10H5BrF3NO3. The highest BCUT2D eigenvalue weighted by Gasteiger charge is 2.34. The quantitative estimate of drug-likeness (QED) is 0.785. The van der Waals surface area contributed by atoms with E-state index in [4.69, 9.17) is 5.26 Å². The van der Waals surface area contributed by atoms with Gasteiger partial charge in [0, 0.05) is 0 Å². The molecule has 1 aromatic rings. The third-order valence-electron chi connectivity index (χ3n) is 1.84. The highest BCUT2D eigenvalue weighted by molar-refractivity contribution is 9.10. The molecule has 0 fully saturated rings. The van der Waals surface area contributed by atoms with E-state index < -0.39 is 23.6 Å². The Hall–Kier alpha value is -1.75. The molecule has 18 heavy (non-hydrogen) atoms. The second-order valence-corrected chi connectivity index (χ2v) is 3.80. The largest absolute Gasteiger partial charge is 0.573 e. The first-order valence-corrected chi connectivity index (χ1v) is 5.16. The van der Waals surface area contributed by atoms with Gasteiger partial charge in [-0.2, -0.15) is 5.26 Å². The Balaban J connectivity index is 3.41. The number of benzene rings is 1. The van der Waals surface area contributed by atoms with E-state index in [1.165, 1.54) is 6.07 Å². The number of alkyl halides is 3. The third kappa shape index (κ3) is 3.13. The van der Waals surface area contributed by atoms with Crippen LogP contribution < -0.4 is 4.74 Å². The molecule has 1 rings (SSSR count). The number of nitriles is 1. The minimum Gasteiger partial charge on any atom is -0.465 e. The Morgan fingerprint density at radius 3 is 2.50 bits per heavy atom. The molecule has 0 aliphatic heterocycles. The monoisotopic (exact) mass is 323 g/mol. The Kier molecular flexibility index (Phi) is 4.19. The molecule has 0 spiro atoms. The topological polar surface area (TPSA) is 59.3 Å². The van der Waals surface area contributed by atoms with Crippen LogP contribution >= 0.6 is 15.9 Å². The van der Waals surface area contributed by atoms with E-state index in [0.29, 0.717) is 0 Å². The van der Waals surface area contributed by atoms with Crippen LogP contribution in [0.1, 0.15) is 15.9 Å². The number of carbonyl (C=O) groups excluding carboxylic acids is 1. The average molecular weight is 324 g/mol. The van der Waals surface area contributed by atoms with Gasteiger partial charge >= 0.3 is 12.3 Å². The van der Waals surface area contributed by atoms with Gasteiger partial charge in [-0.3, -0.25) is 0 Å². The second-order valence-electron chi connectivity index (χ2n) is 2.95. The summed E-state index contributed by atoms with van der Waals surface area (Å²) in [4.78, 5) is 11.3. The fraction of sp³-hybridized carbons (Fsp3) is 0.200. The van der Waals surface area contributed by atoms with Gasteiger partial charge in [0.25, 0.3) is 0 Å². The zero-order valence-corrected chi connectivity index (χ0v) is 10.4. The van der Waals surface area contributed by atoms with Crippen LogP contribution in [-0.2, 0) is 4.74 Å². The van der Waals surface area contributed by atoms with Gasteiger partial charge < -0.3 is 9.47 Å². The molecule has 1 aromatic carbocycles. The highest BCUT2D eigenvalue weighted by atomic mass is 79.9. The van der Waals surface area contributed by atoms with Crippen LogP contribution in [-0.4, -0.2) is 19.4 Å². The molecular weight excluding hydrogens is 319 g/mol. The number of rotatable bonds is 2. The first-order chi connectivity index (χ1) is 8.30. The summed E-state index contributed by atoms with van der Waals surface area (Å²) >= 11 is 2.82. The number of nitrogens with zero attached hydrogens (tertiary/aromatic N) is 1. The summed E-state index contributed by atoms with van der Waals surface area (Å²) in [6.07, 6.45) is -4.97. The minimum atomic E-state index is -4.97. The van der Waals surface area contributed by atoms with E-state index in [9.17, 15) is 18.0 Å². The van der Waals surface area contributed by atoms with Crippen molar-refractivity contribution in [3.05, 3.63) is 27.7 Å². The molecule has 0 heterocycles. The fourth-order valence-electron chi connectivity index (χ4n) is 1.16. The summed E-state index contributed by atoms with van der Waals surface area (Å²) in [5.41, 5.74) is -0.851. The Labute approximate surface area is 108 Å². The van der Waals surface area contributed by atoms with Crippen molar-refractivity contribution in [3.63, 3.8) is 0 Å². The van der Waals surface area contributed by atoms with Crippen molar-refractivity contribution < 1.29 is 27.4 Å². The lowest BCUT2D eigenvalue weighted by Crippen LogP contribution is -2.19. The van der Waals surface area contributed by atoms with Crippen molar-refractivity contribution in [1.29, 1.82) is 5.26 Å². The normalized spacial score (nSPS) is 10.7. The molecule has 0 saturated carbocycles. The maximum Gasteiger partial charge on any atom is 0.573 e. The van der Waals surface area contributed by atoms with Crippen LogP contribution in [0.2, 0.25) is 0 Å². The van der Waals surface area contributed by atoms with E-state index in [1.807, 2.05) is 0 Å². The van der Waals surface area contributed by atoms with Crippen molar-refractivity contribution in [2.45, 2.75) is 6.36 Å². The summed E-state index contributed by atoms with van der Waals surface area (Å²) in [6, 6.07) is 3.81. The Morgan fingerprint density at radius 1 is 1.44 bits per heavy atom. The van der Waals surface area contributed by atoms with E-state index >= 15 is 0 Å². The van der Waals surface area contributed by atoms with Crippen molar-refractivity contribution in [2.24, 2.45) is 0 Å². The number of hydrogen-bond acceptors (Lipinski definition) is 4. The van der Waals surface area contributed by atoms with Crippen LogP contribution in [0.4, 0.5) is 13.2 Å². The summed E-state index contributed by atoms with van der Waals surface area (Å²) in [5.74, 6) is -1.70. The summed E-state index contributed by atoms with van der Waals surface area (Å²) in [6.45, 7) is 0.